The number of para-hydroxylation sites is 1. The van der Waals surface area contributed by atoms with E-state index in [0.29, 0.717) is 23.7 Å². The van der Waals surface area contributed by atoms with Crippen LogP contribution < -0.4 is 9.47 Å². The Kier molecular flexibility index (Phi) is 4.40. The van der Waals surface area contributed by atoms with Crippen LogP contribution in [-0.2, 0) is 0 Å². The second-order valence-electron chi connectivity index (χ2n) is 4.25. The van der Waals surface area contributed by atoms with E-state index in [1.165, 1.54) is 0 Å². The summed E-state index contributed by atoms with van der Waals surface area (Å²) in [4.78, 5) is 11.1. The van der Waals surface area contributed by atoms with Gasteiger partial charge in [-0.3, -0.25) is 4.79 Å². The van der Waals surface area contributed by atoms with Gasteiger partial charge in [0, 0.05) is 6.42 Å². The smallest absolute Gasteiger partial charge is 0.172 e. The maximum Gasteiger partial charge on any atom is 0.172 e. The van der Waals surface area contributed by atoms with E-state index in [2.05, 4.69) is 12.2 Å². The molecule has 0 aromatic heterocycles. The summed E-state index contributed by atoms with van der Waals surface area (Å²) >= 11 is 0. The van der Waals surface area contributed by atoms with Crippen LogP contribution in [0.4, 0.5) is 0 Å². The van der Waals surface area contributed by atoms with Crippen LogP contribution in [0.2, 0.25) is 0 Å². The molecule has 0 heterocycles. The van der Waals surface area contributed by atoms with Gasteiger partial charge < -0.3 is 9.47 Å². The number of allylic oxidation sites excluding steroid dienone is 1. The van der Waals surface area contributed by atoms with Gasteiger partial charge >= 0.3 is 0 Å². The van der Waals surface area contributed by atoms with Crippen LogP contribution in [0.1, 0.15) is 36.5 Å². The van der Waals surface area contributed by atoms with E-state index in [1.807, 2.05) is 19.1 Å². The van der Waals surface area contributed by atoms with E-state index >= 15 is 0 Å². The van der Waals surface area contributed by atoms with Crippen LogP contribution in [0.5, 0.6) is 11.5 Å². The highest BCUT2D eigenvalue weighted by Gasteiger charge is 2.17. The fourth-order valence-electron chi connectivity index (χ4n) is 2.06. The molecule has 1 aromatic carbocycles. The second kappa shape index (κ2) is 6.24. The van der Waals surface area contributed by atoms with Crippen LogP contribution in [0.25, 0.3) is 0 Å². The highest BCUT2D eigenvalue weighted by molar-refractivity contribution is 5.81. The number of carbonyl (C=O) groups is 1. The number of rotatable bonds is 5. The van der Waals surface area contributed by atoms with Gasteiger partial charge in [0.15, 0.2) is 17.8 Å². The lowest BCUT2D eigenvalue weighted by Crippen LogP contribution is -2.18. The van der Waals surface area contributed by atoms with Gasteiger partial charge in [-0.05, 0) is 31.9 Å². The van der Waals surface area contributed by atoms with E-state index in [-0.39, 0.29) is 6.10 Å². The zero-order valence-electron chi connectivity index (χ0n) is 10.6. The van der Waals surface area contributed by atoms with Crippen LogP contribution in [0.3, 0.4) is 0 Å². The molecule has 0 saturated carbocycles. The summed E-state index contributed by atoms with van der Waals surface area (Å²) in [5, 5.41) is 0. The third-order valence-corrected chi connectivity index (χ3v) is 2.94. The van der Waals surface area contributed by atoms with Gasteiger partial charge in [-0.25, -0.2) is 0 Å². The second-order valence-corrected chi connectivity index (χ2v) is 4.25. The van der Waals surface area contributed by atoms with Crippen molar-refractivity contribution in [3.05, 3.63) is 35.9 Å². The van der Waals surface area contributed by atoms with Crippen LogP contribution >= 0.6 is 0 Å². The first-order chi connectivity index (χ1) is 8.85. The molecule has 3 heteroatoms. The van der Waals surface area contributed by atoms with Gasteiger partial charge in [0.1, 0.15) is 6.10 Å². The van der Waals surface area contributed by atoms with Crippen LogP contribution in [0, 0.1) is 0 Å². The molecule has 0 radical (unpaired) electrons. The topological polar surface area (TPSA) is 35.5 Å². The number of benzene rings is 1. The molecule has 1 aromatic rings. The molecule has 1 aliphatic carbocycles. The normalized spacial score (nSPS) is 18.4. The Labute approximate surface area is 107 Å². The molecule has 1 unspecified atom stereocenters. The summed E-state index contributed by atoms with van der Waals surface area (Å²) < 4.78 is 11.5. The Morgan fingerprint density at radius 3 is 2.94 bits per heavy atom. The van der Waals surface area contributed by atoms with Gasteiger partial charge in [-0.1, -0.05) is 18.2 Å². The van der Waals surface area contributed by atoms with E-state index in [0.717, 1.165) is 25.5 Å². The largest absolute Gasteiger partial charge is 0.490 e. The zero-order valence-corrected chi connectivity index (χ0v) is 10.6. The number of hydrogen-bond donors (Lipinski definition) is 0. The standard InChI is InChI=1S/C15H18O3/c1-2-17-14-10-6-7-12(11-16)15(14)18-13-8-4-3-5-9-13/h3-4,6-7,10-11,13H,2,5,8-9H2,1H3. The van der Waals surface area contributed by atoms with Crippen LogP contribution in [-0.4, -0.2) is 19.0 Å². The molecule has 0 N–H and O–H groups in total. The van der Waals surface area contributed by atoms with Crippen molar-refractivity contribution in [1.29, 1.82) is 0 Å². The molecule has 0 bridgehead atoms. The Hall–Kier alpha value is -1.77. The fourth-order valence-corrected chi connectivity index (χ4v) is 2.06. The average molecular weight is 246 g/mol. The molecule has 0 aliphatic heterocycles. The molecule has 18 heavy (non-hydrogen) atoms. The van der Waals surface area contributed by atoms with E-state index in [1.54, 1.807) is 6.07 Å². The Morgan fingerprint density at radius 2 is 2.28 bits per heavy atom. The van der Waals surface area contributed by atoms with Gasteiger partial charge in [-0.15, -0.1) is 0 Å². The molecule has 2 rings (SSSR count). The molecular weight excluding hydrogens is 228 g/mol. The summed E-state index contributed by atoms with van der Waals surface area (Å²) in [7, 11) is 0. The molecule has 0 amide bonds. The lowest BCUT2D eigenvalue weighted by atomic mass is 10.0. The molecular formula is C15H18O3. The summed E-state index contributed by atoms with van der Waals surface area (Å²) in [5.41, 5.74) is 0.551. The maximum absolute atomic E-state index is 11.1. The summed E-state index contributed by atoms with van der Waals surface area (Å²) in [6.45, 7) is 2.48. The van der Waals surface area contributed by atoms with Crippen molar-refractivity contribution in [2.45, 2.75) is 32.3 Å². The monoisotopic (exact) mass is 246 g/mol. The van der Waals surface area contributed by atoms with Gasteiger partial charge in [-0.2, -0.15) is 0 Å². The lowest BCUT2D eigenvalue weighted by Gasteiger charge is -2.22. The molecule has 0 saturated heterocycles. The molecule has 0 fully saturated rings. The van der Waals surface area contributed by atoms with Crippen molar-refractivity contribution in [3.8, 4) is 11.5 Å². The van der Waals surface area contributed by atoms with Gasteiger partial charge in [0.05, 0.1) is 12.2 Å². The molecule has 3 nitrogen and oxygen atoms in total. The van der Waals surface area contributed by atoms with Crippen LogP contribution in [0.15, 0.2) is 30.4 Å². The fraction of sp³-hybridized carbons (Fsp3) is 0.400. The van der Waals surface area contributed by atoms with Crippen molar-refractivity contribution < 1.29 is 14.3 Å². The van der Waals surface area contributed by atoms with Crippen molar-refractivity contribution >= 4 is 6.29 Å². The van der Waals surface area contributed by atoms with Crippen molar-refractivity contribution in [3.63, 3.8) is 0 Å². The van der Waals surface area contributed by atoms with E-state index < -0.39 is 0 Å². The summed E-state index contributed by atoms with van der Waals surface area (Å²) in [5.74, 6) is 1.23. The number of hydrogen-bond acceptors (Lipinski definition) is 3. The number of ether oxygens (including phenoxy) is 2. The Morgan fingerprint density at radius 1 is 1.39 bits per heavy atom. The minimum atomic E-state index is 0.135. The highest BCUT2D eigenvalue weighted by Crippen LogP contribution is 2.33. The molecule has 0 spiro atoms. The predicted octanol–water partition coefficient (Wildman–Crippen LogP) is 3.39. The van der Waals surface area contributed by atoms with Gasteiger partial charge in [0.25, 0.3) is 0 Å². The van der Waals surface area contributed by atoms with E-state index in [4.69, 9.17) is 9.47 Å². The summed E-state index contributed by atoms with van der Waals surface area (Å²) in [6, 6.07) is 5.40. The predicted molar refractivity (Wildman–Crippen MR) is 70.4 cm³/mol. The van der Waals surface area contributed by atoms with Crippen molar-refractivity contribution in [2.24, 2.45) is 0 Å². The molecule has 96 valence electrons. The molecule has 1 aliphatic rings. The molecule has 1 atom stereocenters. The first kappa shape index (κ1) is 12.7. The Bertz CT molecular complexity index is 437. The Balaban J connectivity index is 2.22. The average Bonchev–Trinajstić information content (AvgIpc) is 2.42. The SMILES string of the molecule is CCOc1cccc(C=O)c1OC1CC=CCC1. The lowest BCUT2D eigenvalue weighted by molar-refractivity contribution is 0.111. The first-order valence-corrected chi connectivity index (χ1v) is 6.37. The highest BCUT2D eigenvalue weighted by atomic mass is 16.5. The zero-order chi connectivity index (χ0) is 12.8. The number of carbonyl (C=O) groups excluding carboxylic acids is 1. The van der Waals surface area contributed by atoms with Crippen molar-refractivity contribution in [1.82, 2.24) is 0 Å². The maximum atomic E-state index is 11.1. The third-order valence-electron chi connectivity index (χ3n) is 2.94. The number of aldehydes is 1. The summed E-state index contributed by atoms with van der Waals surface area (Å²) in [6.07, 6.45) is 8.13. The quantitative estimate of drug-likeness (QED) is 0.590. The first-order valence-electron chi connectivity index (χ1n) is 6.37. The van der Waals surface area contributed by atoms with E-state index in [9.17, 15) is 4.79 Å². The van der Waals surface area contributed by atoms with Gasteiger partial charge in [0.2, 0.25) is 0 Å². The minimum absolute atomic E-state index is 0.135. The minimum Gasteiger partial charge on any atom is -0.490 e. The van der Waals surface area contributed by atoms with Crippen molar-refractivity contribution in [2.75, 3.05) is 6.61 Å². The third kappa shape index (κ3) is 2.92.